The van der Waals surface area contributed by atoms with Gasteiger partial charge in [-0.25, -0.2) is 9.97 Å². The van der Waals surface area contributed by atoms with Gasteiger partial charge in [0.2, 0.25) is 11.7 Å². The molecule has 162 valence electrons. The van der Waals surface area contributed by atoms with E-state index in [2.05, 4.69) is 15.3 Å². The number of carbonyl (C=O) groups is 2. The van der Waals surface area contributed by atoms with E-state index < -0.39 is 6.04 Å². The Balaban J connectivity index is 1.33. The van der Waals surface area contributed by atoms with Gasteiger partial charge in [0.1, 0.15) is 24.1 Å². The van der Waals surface area contributed by atoms with Crippen LogP contribution in [0.1, 0.15) is 16.1 Å². The number of hydrogen-bond donors (Lipinski definition) is 1. The smallest absolute Gasteiger partial charge is 0.274 e. The van der Waals surface area contributed by atoms with Crippen molar-refractivity contribution in [2.24, 2.45) is 0 Å². The summed E-state index contributed by atoms with van der Waals surface area (Å²) in [5, 5.41) is 2.92. The van der Waals surface area contributed by atoms with Gasteiger partial charge in [0.05, 0.1) is 6.54 Å². The van der Waals surface area contributed by atoms with Crippen LogP contribution >= 0.6 is 0 Å². The number of amides is 2. The SMILES string of the molecule is Cc1ccccc1OCCNC(=O)[C@@H]1CN(C(=O)c2cn3cccnc3n2)CCN1C. The van der Waals surface area contributed by atoms with Gasteiger partial charge in [-0.15, -0.1) is 0 Å². The number of carbonyl (C=O) groups excluding carboxylic acids is 2. The topological polar surface area (TPSA) is 92.1 Å². The molecule has 1 N–H and O–H groups in total. The Kier molecular flexibility index (Phi) is 6.13. The first-order valence-corrected chi connectivity index (χ1v) is 10.3. The molecule has 0 spiro atoms. The molecular weight excluding hydrogens is 396 g/mol. The van der Waals surface area contributed by atoms with Gasteiger partial charge in [-0.2, -0.15) is 0 Å². The molecule has 0 saturated carbocycles. The molecule has 9 heteroatoms. The minimum Gasteiger partial charge on any atom is -0.491 e. The molecule has 2 amide bonds. The van der Waals surface area contributed by atoms with Gasteiger partial charge in [-0.05, 0) is 31.7 Å². The Morgan fingerprint density at radius 2 is 2.06 bits per heavy atom. The van der Waals surface area contributed by atoms with Crippen LogP contribution in [0.15, 0.2) is 48.9 Å². The predicted octanol–water partition coefficient (Wildman–Crippen LogP) is 0.989. The van der Waals surface area contributed by atoms with Crippen molar-refractivity contribution in [3.05, 3.63) is 60.2 Å². The Hall–Kier alpha value is -3.46. The van der Waals surface area contributed by atoms with Gasteiger partial charge >= 0.3 is 0 Å². The third-order valence-electron chi connectivity index (χ3n) is 5.44. The molecule has 4 rings (SSSR count). The lowest BCUT2D eigenvalue weighted by molar-refractivity contribution is -0.127. The first kappa shape index (κ1) is 20.8. The third-order valence-corrected chi connectivity index (χ3v) is 5.44. The molecule has 0 unspecified atom stereocenters. The summed E-state index contributed by atoms with van der Waals surface area (Å²) in [6.45, 7) is 4.20. The highest BCUT2D eigenvalue weighted by molar-refractivity contribution is 5.93. The third kappa shape index (κ3) is 4.66. The number of para-hydroxylation sites is 1. The van der Waals surface area contributed by atoms with E-state index in [1.54, 1.807) is 34.0 Å². The zero-order valence-corrected chi connectivity index (χ0v) is 17.7. The zero-order chi connectivity index (χ0) is 21.8. The molecule has 1 atom stereocenters. The van der Waals surface area contributed by atoms with Crippen LogP contribution in [-0.4, -0.2) is 81.9 Å². The number of fused-ring (bicyclic) bond motifs is 1. The number of rotatable bonds is 6. The lowest BCUT2D eigenvalue weighted by Gasteiger charge is -2.38. The van der Waals surface area contributed by atoms with Crippen LogP contribution in [0, 0.1) is 6.92 Å². The largest absolute Gasteiger partial charge is 0.491 e. The van der Waals surface area contributed by atoms with E-state index in [-0.39, 0.29) is 11.8 Å². The molecule has 1 saturated heterocycles. The second kappa shape index (κ2) is 9.13. The number of nitrogens with one attached hydrogen (secondary N) is 1. The highest BCUT2D eigenvalue weighted by Gasteiger charge is 2.33. The summed E-state index contributed by atoms with van der Waals surface area (Å²) < 4.78 is 7.45. The molecule has 3 aromatic rings. The van der Waals surface area contributed by atoms with E-state index in [1.165, 1.54) is 0 Å². The van der Waals surface area contributed by atoms with Crippen LogP contribution in [0.3, 0.4) is 0 Å². The highest BCUT2D eigenvalue weighted by atomic mass is 16.5. The fraction of sp³-hybridized carbons (Fsp3) is 0.364. The van der Waals surface area contributed by atoms with Crippen LogP contribution in [0.5, 0.6) is 5.75 Å². The second-order valence-corrected chi connectivity index (χ2v) is 7.61. The maximum atomic E-state index is 12.9. The van der Waals surface area contributed by atoms with Crippen LogP contribution in [0.25, 0.3) is 5.78 Å². The van der Waals surface area contributed by atoms with E-state index in [0.717, 1.165) is 11.3 Å². The van der Waals surface area contributed by atoms with E-state index >= 15 is 0 Å². The highest BCUT2D eigenvalue weighted by Crippen LogP contribution is 2.16. The summed E-state index contributed by atoms with van der Waals surface area (Å²) in [6.07, 6.45) is 5.10. The summed E-state index contributed by atoms with van der Waals surface area (Å²) in [5.41, 5.74) is 1.38. The molecule has 1 aromatic carbocycles. The van der Waals surface area contributed by atoms with Crippen molar-refractivity contribution in [3.8, 4) is 5.75 Å². The lowest BCUT2D eigenvalue weighted by Crippen LogP contribution is -2.59. The summed E-state index contributed by atoms with van der Waals surface area (Å²) >= 11 is 0. The Labute approximate surface area is 180 Å². The van der Waals surface area contributed by atoms with Gasteiger partial charge in [0, 0.05) is 38.2 Å². The monoisotopic (exact) mass is 422 g/mol. The van der Waals surface area contributed by atoms with Crippen LogP contribution in [-0.2, 0) is 4.79 Å². The van der Waals surface area contributed by atoms with E-state index in [4.69, 9.17) is 4.74 Å². The lowest BCUT2D eigenvalue weighted by atomic mass is 10.1. The summed E-state index contributed by atoms with van der Waals surface area (Å²) in [7, 11) is 1.89. The van der Waals surface area contributed by atoms with Gasteiger partial charge in [0.25, 0.3) is 5.91 Å². The van der Waals surface area contributed by atoms with Crippen molar-refractivity contribution in [3.63, 3.8) is 0 Å². The fourth-order valence-corrected chi connectivity index (χ4v) is 3.61. The molecule has 31 heavy (non-hydrogen) atoms. The van der Waals surface area contributed by atoms with Gasteiger partial charge in [-0.1, -0.05) is 18.2 Å². The maximum Gasteiger partial charge on any atom is 0.274 e. The number of piperazine rings is 1. The molecule has 2 aromatic heterocycles. The maximum absolute atomic E-state index is 12.9. The fourth-order valence-electron chi connectivity index (χ4n) is 3.61. The van der Waals surface area contributed by atoms with Crippen molar-refractivity contribution >= 4 is 17.6 Å². The Morgan fingerprint density at radius 3 is 2.87 bits per heavy atom. The van der Waals surface area contributed by atoms with Gasteiger partial charge < -0.3 is 15.0 Å². The quantitative estimate of drug-likeness (QED) is 0.596. The number of nitrogens with zero attached hydrogens (tertiary/aromatic N) is 5. The predicted molar refractivity (Wildman–Crippen MR) is 115 cm³/mol. The number of benzene rings is 1. The molecule has 0 bridgehead atoms. The summed E-state index contributed by atoms with van der Waals surface area (Å²) in [4.78, 5) is 37.8. The zero-order valence-electron chi connectivity index (χ0n) is 17.7. The van der Waals surface area contributed by atoms with Gasteiger partial charge in [-0.3, -0.25) is 18.9 Å². The average molecular weight is 422 g/mol. The molecular formula is C22H26N6O3. The van der Waals surface area contributed by atoms with E-state index in [1.807, 2.05) is 43.1 Å². The second-order valence-electron chi connectivity index (χ2n) is 7.61. The van der Waals surface area contributed by atoms with Crippen molar-refractivity contribution < 1.29 is 14.3 Å². The normalized spacial score (nSPS) is 17.0. The average Bonchev–Trinajstić information content (AvgIpc) is 3.22. The number of aryl methyl sites for hydroxylation is 1. The van der Waals surface area contributed by atoms with Crippen LogP contribution in [0.2, 0.25) is 0 Å². The number of imidazole rings is 1. The van der Waals surface area contributed by atoms with E-state index in [0.29, 0.717) is 44.3 Å². The first-order chi connectivity index (χ1) is 15.0. The van der Waals surface area contributed by atoms with Crippen molar-refractivity contribution in [2.45, 2.75) is 13.0 Å². The number of aromatic nitrogens is 3. The summed E-state index contributed by atoms with van der Waals surface area (Å²) in [5.74, 6) is 0.970. The number of ether oxygens (including phenoxy) is 1. The number of hydrogen-bond acceptors (Lipinski definition) is 6. The first-order valence-electron chi connectivity index (χ1n) is 10.3. The molecule has 1 fully saturated rings. The van der Waals surface area contributed by atoms with Crippen LogP contribution < -0.4 is 10.1 Å². The van der Waals surface area contributed by atoms with E-state index in [9.17, 15) is 9.59 Å². The molecule has 0 aliphatic carbocycles. The summed E-state index contributed by atoms with van der Waals surface area (Å²) in [6, 6.07) is 9.12. The van der Waals surface area contributed by atoms with Gasteiger partial charge in [0.15, 0.2) is 0 Å². The molecule has 1 aliphatic rings. The van der Waals surface area contributed by atoms with Crippen molar-refractivity contribution in [1.29, 1.82) is 0 Å². The van der Waals surface area contributed by atoms with Crippen molar-refractivity contribution in [2.75, 3.05) is 39.8 Å². The molecule has 1 aliphatic heterocycles. The molecule has 9 nitrogen and oxygen atoms in total. The molecule has 0 radical (unpaired) electrons. The standard InChI is InChI=1S/C22H26N6O3/c1-16-6-3-4-7-19(16)31-13-9-23-20(29)18-15-27(12-11-26(18)2)21(30)17-14-28-10-5-8-24-22(28)25-17/h3-8,10,14,18H,9,11-13,15H2,1-2H3,(H,23,29)/t18-/m0/s1. The minimum absolute atomic E-state index is 0.120. The van der Waals surface area contributed by atoms with Crippen molar-refractivity contribution in [1.82, 2.24) is 29.5 Å². The Bertz CT molecular complexity index is 1050. The van der Waals surface area contributed by atoms with Crippen LogP contribution in [0.4, 0.5) is 0 Å². The molecule has 3 heterocycles. The Morgan fingerprint density at radius 1 is 1.23 bits per heavy atom. The minimum atomic E-state index is -0.425. The number of likely N-dealkylation sites (N-methyl/N-ethyl adjacent to an activating group) is 1.